The van der Waals surface area contributed by atoms with Crippen LogP contribution < -0.4 is 0 Å². The molecule has 0 unspecified atom stereocenters. The molecule has 1 rings (SSSR count). The van der Waals surface area contributed by atoms with E-state index in [9.17, 15) is 9.59 Å². The van der Waals surface area contributed by atoms with Crippen molar-refractivity contribution in [2.24, 2.45) is 5.92 Å². The molecular formula is C9H15NO2. The van der Waals surface area contributed by atoms with Crippen molar-refractivity contribution in [3.63, 3.8) is 0 Å². The number of nitrogens with zero attached hydrogens (tertiary/aromatic N) is 1. The predicted octanol–water partition coefficient (Wildman–Crippen LogP) is 1.18. The Bertz CT molecular complexity index is 183. The molecule has 1 aliphatic heterocycles. The number of piperidine rings is 1. The van der Waals surface area contributed by atoms with Gasteiger partial charge in [0, 0.05) is 19.4 Å². The van der Waals surface area contributed by atoms with E-state index in [1.807, 2.05) is 13.8 Å². The van der Waals surface area contributed by atoms with Crippen LogP contribution in [0.5, 0.6) is 0 Å². The Balaban J connectivity index is 2.61. The molecule has 0 atom stereocenters. The van der Waals surface area contributed by atoms with Gasteiger partial charge >= 0.3 is 0 Å². The Hall–Kier alpha value is -0.860. The van der Waals surface area contributed by atoms with Gasteiger partial charge in [-0.25, -0.2) is 0 Å². The molecule has 0 aromatic carbocycles. The highest BCUT2D eigenvalue weighted by atomic mass is 16.2. The average Bonchev–Trinajstić information content (AvgIpc) is 1.96. The summed E-state index contributed by atoms with van der Waals surface area (Å²) < 4.78 is 0. The molecule has 68 valence electrons. The van der Waals surface area contributed by atoms with Gasteiger partial charge in [-0.3, -0.25) is 14.5 Å². The molecule has 0 spiro atoms. The van der Waals surface area contributed by atoms with Crippen molar-refractivity contribution in [3.05, 3.63) is 0 Å². The van der Waals surface area contributed by atoms with Crippen molar-refractivity contribution in [2.45, 2.75) is 33.1 Å². The number of carbonyl (C=O) groups excluding carboxylic acids is 2. The summed E-state index contributed by atoms with van der Waals surface area (Å²) in [7, 11) is 0. The fraction of sp³-hybridized carbons (Fsp3) is 0.778. The van der Waals surface area contributed by atoms with Crippen molar-refractivity contribution >= 4 is 11.8 Å². The molecule has 12 heavy (non-hydrogen) atoms. The van der Waals surface area contributed by atoms with Crippen LogP contribution in [0.25, 0.3) is 0 Å². The predicted molar refractivity (Wildman–Crippen MR) is 45.4 cm³/mol. The van der Waals surface area contributed by atoms with Crippen LogP contribution in [0.4, 0.5) is 0 Å². The Kier molecular flexibility index (Phi) is 2.84. The van der Waals surface area contributed by atoms with Gasteiger partial charge in [-0.05, 0) is 12.3 Å². The van der Waals surface area contributed by atoms with Gasteiger partial charge in [-0.2, -0.15) is 0 Å². The third-order valence-electron chi connectivity index (χ3n) is 2.10. The molecule has 0 radical (unpaired) electrons. The minimum Gasteiger partial charge on any atom is -0.283 e. The van der Waals surface area contributed by atoms with E-state index in [1.165, 1.54) is 4.90 Å². The van der Waals surface area contributed by atoms with Gasteiger partial charge in [0.05, 0.1) is 0 Å². The van der Waals surface area contributed by atoms with E-state index in [1.54, 1.807) is 0 Å². The van der Waals surface area contributed by atoms with Gasteiger partial charge in [0.25, 0.3) is 0 Å². The third-order valence-corrected chi connectivity index (χ3v) is 2.10. The number of hydrogen-bond donors (Lipinski definition) is 0. The molecule has 0 aromatic heterocycles. The van der Waals surface area contributed by atoms with Crippen LogP contribution in [0.2, 0.25) is 0 Å². The van der Waals surface area contributed by atoms with Crippen molar-refractivity contribution < 1.29 is 9.59 Å². The fourth-order valence-electron chi connectivity index (χ4n) is 1.50. The summed E-state index contributed by atoms with van der Waals surface area (Å²) in [5.41, 5.74) is 0. The van der Waals surface area contributed by atoms with Crippen molar-refractivity contribution in [3.8, 4) is 0 Å². The molecule has 0 saturated carbocycles. The molecule has 3 heteroatoms. The van der Waals surface area contributed by atoms with Gasteiger partial charge in [0.1, 0.15) is 0 Å². The van der Waals surface area contributed by atoms with Crippen molar-refractivity contribution in [2.75, 3.05) is 6.54 Å². The van der Waals surface area contributed by atoms with Crippen LogP contribution in [0, 0.1) is 5.92 Å². The molecule has 0 bridgehead atoms. The topological polar surface area (TPSA) is 37.4 Å². The Labute approximate surface area is 72.7 Å². The average molecular weight is 169 g/mol. The van der Waals surface area contributed by atoms with Crippen LogP contribution in [0.15, 0.2) is 0 Å². The van der Waals surface area contributed by atoms with E-state index in [0.29, 0.717) is 19.4 Å². The number of rotatable bonds is 2. The second-order valence-corrected chi connectivity index (χ2v) is 3.45. The van der Waals surface area contributed by atoms with Crippen LogP contribution >= 0.6 is 0 Å². The zero-order valence-electron chi connectivity index (χ0n) is 7.67. The van der Waals surface area contributed by atoms with E-state index in [-0.39, 0.29) is 17.7 Å². The Morgan fingerprint density at radius 2 is 1.83 bits per heavy atom. The van der Waals surface area contributed by atoms with Gasteiger partial charge < -0.3 is 0 Å². The number of likely N-dealkylation sites (tertiary alicyclic amines) is 1. The highest BCUT2D eigenvalue weighted by Crippen LogP contribution is 2.18. The number of amides is 2. The standard InChI is InChI=1S/C9H15NO2/c1-3-4-10-8(11)5-7(2)6-9(10)12/h7H,3-6H2,1-2H3. The van der Waals surface area contributed by atoms with Crippen molar-refractivity contribution in [1.82, 2.24) is 4.90 Å². The lowest BCUT2D eigenvalue weighted by molar-refractivity contribution is -0.149. The summed E-state index contributed by atoms with van der Waals surface area (Å²) >= 11 is 0. The first-order valence-electron chi connectivity index (χ1n) is 4.48. The SMILES string of the molecule is CCCN1C(=O)CC(C)CC1=O. The molecule has 0 aromatic rings. The van der Waals surface area contributed by atoms with Gasteiger partial charge in [-0.15, -0.1) is 0 Å². The van der Waals surface area contributed by atoms with Crippen LogP contribution in [-0.2, 0) is 9.59 Å². The van der Waals surface area contributed by atoms with Gasteiger partial charge in [0.2, 0.25) is 11.8 Å². The molecule has 1 aliphatic rings. The lowest BCUT2D eigenvalue weighted by Crippen LogP contribution is -2.42. The summed E-state index contributed by atoms with van der Waals surface area (Å²) in [5.74, 6) is 0.235. The van der Waals surface area contributed by atoms with Crippen LogP contribution in [0.1, 0.15) is 33.1 Å². The summed E-state index contributed by atoms with van der Waals surface area (Å²) in [6, 6.07) is 0. The maximum atomic E-state index is 11.3. The summed E-state index contributed by atoms with van der Waals surface area (Å²) in [4.78, 5) is 24.0. The molecule has 0 N–H and O–H groups in total. The lowest BCUT2D eigenvalue weighted by Gasteiger charge is -2.27. The smallest absolute Gasteiger partial charge is 0.229 e. The molecule has 3 nitrogen and oxygen atoms in total. The molecular weight excluding hydrogens is 154 g/mol. The summed E-state index contributed by atoms with van der Waals surface area (Å²) in [6.45, 7) is 4.50. The zero-order valence-corrected chi connectivity index (χ0v) is 7.67. The molecule has 1 heterocycles. The van der Waals surface area contributed by atoms with E-state index in [0.717, 1.165) is 6.42 Å². The number of imide groups is 1. The van der Waals surface area contributed by atoms with Crippen LogP contribution in [-0.4, -0.2) is 23.3 Å². The van der Waals surface area contributed by atoms with E-state index >= 15 is 0 Å². The highest BCUT2D eigenvalue weighted by molar-refractivity contribution is 5.97. The minimum atomic E-state index is 0.000556. The normalized spacial score (nSPS) is 20.3. The Morgan fingerprint density at radius 3 is 2.25 bits per heavy atom. The monoisotopic (exact) mass is 169 g/mol. The van der Waals surface area contributed by atoms with E-state index in [4.69, 9.17) is 0 Å². The van der Waals surface area contributed by atoms with Crippen LogP contribution in [0.3, 0.4) is 0 Å². The van der Waals surface area contributed by atoms with Gasteiger partial charge in [0.15, 0.2) is 0 Å². The summed E-state index contributed by atoms with van der Waals surface area (Å²) in [6.07, 6.45) is 1.92. The molecule has 2 amide bonds. The lowest BCUT2D eigenvalue weighted by atomic mass is 9.98. The molecule has 1 saturated heterocycles. The first kappa shape index (κ1) is 9.23. The van der Waals surface area contributed by atoms with E-state index < -0.39 is 0 Å². The largest absolute Gasteiger partial charge is 0.283 e. The molecule has 0 aliphatic carbocycles. The van der Waals surface area contributed by atoms with E-state index in [2.05, 4.69) is 0 Å². The first-order valence-corrected chi connectivity index (χ1v) is 4.48. The first-order chi connectivity index (χ1) is 5.65. The maximum absolute atomic E-state index is 11.3. The second-order valence-electron chi connectivity index (χ2n) is 3.45. The quantitative estimate of drug-likeness (QED) is 0.582. The minimum absolute atomic E-state index is 0.000556. The Morgan fingerprint density at radius 1 is 1.33 bits per heavy atom. The summed E-state index contributed by atoms with van der Waals surface area (Å²) in [5, 5.41) is 0. The zero-order chi connectivity index (χ0) is 9.14. The maximum Gasteiger partial charge on any atom is 0.229 e. The third kappa shape index (κ3) is 1.84. The number of carbonyl (C=O) groups is 2. The fourth-order valence-corrected chi connectivity index (χ4v) is 1.50. The second kappa shape index (κ2) is 3.70. The molecule has 1 fully saturated rings. The highest BCUT2D eigenvalue weighted by Gasteiger charge is 2.29. The number of hydrogen-bond acceptors (Lipinski definition) is 2. The van der Waals surface area contributed by atoms with Crippen molar-refractivity contribution in [1.29, 1.82) is 0 Å². The van der Waals surface area contributed by atoms with Gasteiger partial charge in [-0.1, -0.05) is 13.8 Å².